The second kappa shape index (κ2) is 12.7. The maximum atomic E-state index is 14.0. The summed E-state index contributed by atoms with van der Waals surface area (Å²) in [5, 5.41) is 9.14. The number of carbonyl (C=O) groups excluding carboxylic acids is 1. The third kappa shape index (κ3) is 6.93. The molecule has 3 aromatic carbocycles. The van der Waals surface area contributed by atoms with Crippen LogP contribution in [0.4, 0.5) is 8.78 Å². The molecule has 0 unspecified atom stereocenters. The van der Waals surface area contributed by atoms with Gasteiger partial charge in [-0.25, -0.2) is 23.5 Å². The summed E-state index contributed by atoms with van der Waals surface area (Å²) in [6, 6.07) is 14.8. The van der Waals surface area contributed by atoms with E-state index in [0.29, 0.717) is 16.7 Å². The molecule has 3 aromatic rings. The molecule has 1 N–H and O–H groups in total. The molecule has 0 saturated carbocycles. The van der Waals surface area contributed by atoms with Crippen LogP contribution in [0.1, 0.15) is 11.1 Å². The quantitative estimate of drug-likeness (QED) is 0.334. The average molecular weight is 495 g/mol. The van der Waals surface area contributed by atoms with E-state index in [1.54, 1.807) is 18.4 Å². The maximum absolute atomic E-state index is 14.0. The summed E-state index contributed by atoms with van der Waals surface area (Å²) in [6.07, 6.45) is 1.60. The van der Waals surface area contributed by atoms with E-state index in [2.05, 4.69) is 0 Å². The number of halogens is 2. The van der Waals surface area contributed by atoms with Crippen molar-refractivity contribution < 1.29 is 61.8 Å². The van der Waals surface area contributed by atoms with Crippen LogP contribution < -0.4 is 34.3 Å². The van der Waals surface area contributed by atoms with Crippen LogP contribution in [0.3, 0.4) is 0 Å². The van der Waals surface area contributed by atoms with Crippen molar-refractivity contribution >= 4 is 16.3 Å². The Morgan fingerprint density at radius 3 is 2.32 bits per heavy atom. The number of hydrogen-bond acceptors (Lipinski definition) is 6. The van der Waals surface area contributed by atoms with Gasteiger partial charge in [0.2, 0.25) is 10.0 Å². The van der Waals surface area contributed by atoms with Gasteiger partial charge in [-0.15, -0.1) is 0 Å². The zero-order chi connectivity index (χ0) is 23.3. The molecule has 0 aliphatic rings. The summed E-state index contributed by atoms with van der Waals surface area (Å²) >= 11 is 0. The molecule has 0 aliphatic carbocycles. The Morgan fingerprint density at radius 2 is 1.71 bits per heavy atom. The van der Waals surface area contributed by atoms with E-state index in [1.165, 1.54) is 37.4 Å². The molecule has 0 spiro atoms. The molecule has 0 radical (unpaired) electrons. The Hall–Kier alpha value is -2.65. The van der Waals surface area contributed by atoms with E-state index in [-0.39, 0.29) is 64.4 Å². The van der Waals surface area contributed by atoms with Gasteiger partial charge in [-0.05, 0) is 72.3 Å². The average Bonchev–Trinajstić information content (AvgIpc) is 2.77. The number of hydrogen-bond donors (Lipinski definition) is 0. The first-order valence-corrected chi connectivity index (χ1v) is 10.7. The molecule has 11 heteroatoms. The van der Waals surface area contributed by atoms with Gasteiger partial charge in [0, 0.05) is 19.2 Å². The van der Waals surface area contributed by atoms with Crippen LogP contribution in [-0.4, -0.2) is 38.1 Å². The second-order valence-corrected chi connectivity index (χ2v) is 8.86. The molecule has 3 rings (SSSR count). The van der Waals surface area contributed by atoms with Gasteiger partial charge in [-0.3, -0.25) is 0 Å². The summed E-state index contributed by atoms with van der Waals surface area (Å²) in [6.45, 7) is -0.404. The van der Waals surface area contributed by atoms with Crippen LogP contribution in [0.25, 0.3) is 11.1 Å². The first-order valence-electron chi connectivity index (χ1n) is 9.28. The summed E-state index contributed by atoms with van der Waals surface area (Å²) in [5.41, 5.74) is 1.34. The van der Waals surface area contributed by atoms with Crippen molar-refractivity contribution in [3.63, 3.8) is 0 Å². The maximum Gasteiger partial charge on any atom is 1.00 e. The van der Waals surface area contributed by atoms with Gasteiger partial charge >= 0.3 is 29.6 Å². The number of nitrogens with zero attached hydrogens (tertiary/aromatic N) is 2. The number of sulfonamides is 1. The van der Waals surface area contributed by atoms with Crippen LogP contribution in [0.5, 0.6) is 5.75 Å². The largest absolute Gasteiger partial charge is 1.00 e. The normalized spacial score (nSPS) is 10.6. The monoisotopic (exact) mass is 495 g/mol. The number of nitriles is 1. The summed E-state index contributed by atoms with van der Waals surface area (Å²) in [5.74, 6) is -0.935. The molecular weight excluding hydrogens is 477 g/mol. The standard InChI is InChI=1S/C23H17F2N2O4S.Na.H2O/c1-27(32(29,30)21-5-3-19(24)4-6-21)15-16-2-7-23(31-9-8-28)22(12-16)18-10-17(14-26)11-20(25)13-18;;/h2-7,10-13H,9,15H2,1H3;;1H2/q-1;+1;/p-1. The fourth-order valence-electron chi connectivity index (χ4n) is 3.07. The van der Waals surface area contributed by atoms with Crippen LogP contribution in [0, 0.1) is 23.0 Å². The Kier molecular flexibility index (Phi) is 11.0. The van der Waals surface area contributed by atoms with Crippen LogP contribution in [0.2, 0.25) is 0 Å². The van der Waals surface area contributed by atoms with E-state index >= 15 is 0 Å². The minimum atomic E-state index is -3.89. The second-order valence-electron chi connectivity index (χ2n) is 6.82. The Labute approximate surface area is 218 Å². The van der Waals surface area contributed by atoms with Gasteiger partial charge in [0.05, 0.1) is 16.5 Å². The summed E-state index contributed by atoms with van der Waals surface area (Å²) in [7, 11) is -2.52. The van der Waals surface area contributed by atoms with Crippen LogP contribution in [0.15, 0.2) is 65.6 Å². The topological polar surface area (TPSA) is 117 Å². The minimum Gasteiger partial charge on any atom is -0.870 e. The van der Waals surface area contributed by atoms with Gasteiger partial charge in [-0.1, -0.05) is 6.07 Å². The molecule has 0 aliphatic heterocycles. The van der Waals surface area contributed by atoms with Crippen LogP contribution in [-0.2, 0) is 21.4 Å². The van der Waals surface area contributed by atoms with Gasteiger partial charge in [0.15, 0.2) is 0 Å². The molecule has 0 fully saturated rings. The zero-order valence-corrected chi connectivity index (χ0v) is 21.1. The number of rotatable bonds is 8. The molecule has 0 amide bonds. The molecule has 172 valence electrons. The number of benzene rings is 3. The van der Waals surface area contributed by atoms with Crippen molar-refractivity contribution in [1.29, 1.82) is 5.26 Å². The SMILES string of the molecule is CN(Cc1ccc(OC[C-]=O)c(-c2cc(F)cc(C#N)c2)c1)S(=O)(=O)c1ccc(F)cc1.[Na+].[OH-]. The smallest absolute Gasteiger partial charge is 0.870 e. The van der Waals surface area contributed by atoms with Crippen molar-refractivity contribution in [3.8, 4) is 22.9 Å². The first kappa shape index (κ1) is 29.4. The van der Waals surface area contributed by atoms with E-state index in [9.17, 15) is 22.0 Å². The molecule has 34 heavy (non-hydrogen) atoms. The fourth-order valence-corrected chi connectivity index (χ4v) is 4.23. The first-order chi connectivity index (χ1) is 15.2. The summed E-state index contributed by atoms with van der Waals surface area (Å²) < 4.78 is 59.2. The van der Waals surface area contributed by atoms with E-state index in [1.807, 2.05) is 6.07 Å². The van der Waals surface area contributed by atoms with Crippen LogP contribution >= 0.6 is 0 Å². The third-order valence-electron chi connectivity index (χ3n) is 4.60. The Balaban J connectivity index is 0.00000289. The van der Waals surface area contributed by atoms with Gasteiger partial charge in [0.25, 0.3) is 0 Å². The van der Waals surface area contributed by atoms with E-state index in [4.69, 9.17) is 10.00 Å². The predicted molar refractivity (Wildman–Crippen MR) is 115 cm³/mol. The summed E-state index contributed by atoms with van der Waals surface area (Å²) in [4.78, 5) is 10.5. The van der Waals surface area contributed by atoms with Crippen molar-refractivity contribution in [2.24, 2.45) is 0 Å². The Bertz CT molecular complexity index is 1300. The van der Waals surface area contributed by atoms with Gasteiger partial charge in [0.1, 0.15) is 17.4 Å². The predicted octanol–water partition coefficient (Wildman–Crippen LogP) is 0.640. The van der Waals surface area contributed by atoms with Crippen molar-refractivity contribution in [2.45, 2.75) is 11.4 Å². The zero-order valence-electron chi connectivity index (χ0n) is 18.3. The molecule has 0 bridgehead atoms. The number of ether oxygens (including phenoxy) is 1. The molecule has 0 heterocycles. The molecule has 0 aromatic heterocycles. The molecule has 0 saturated heterocycles. The molecular formula is C23H18F2N2NaO5S-. The van der Waals surface area contributed by atoms with Crippen molar-refractivity contribution in [2.75, 3.05) is 13.7 Å². The van der Waals surface area contributed by atoms with Gasteiger partial charge < -0.3 is 15.0 Å². The van der Waals surface area contributed by atoms with Gasteiger partial charge in [-0.2, -0.15) is 9.57 Å². The Morgan fingerprint density at radius 1 is 1.03 bits per heavy atom. The molecule has 7 nitrogen and oxygen atoms in total. The minimum absolute atomic E-state index is 0. The fraction of sp³-hybridized carbons (Fsp3) is 0.130. The van der Waals surface area contributed by atoms with E-state index < -0.39 is 21.7 Å². The van der Waals surface area contributed by atoms with E-state index in [0.717, 1.165) is 22.5 Å². The van der Waals surface area contributed by atoms with Crippen molar-refractivity contribution in [3.05, 3.63) is 83.4 Å². The third-order valence-corrected chi connectivity index (χ3v) is 6.41. The van der Waals surface area contributed by atoms with Crippen molar-refractivity contribution in [1.82, 2.24) is 4.31 Å². The molecule has 0 atom stereocenters.